The number of benzene rings is 1. The fourth-order valence-electron chi connectivity index (χ4n) is 3.36. The Bertz CT molecular complexity index is 1010. The van der Waals surface area contributed by atoms with E-state index < -0.39 is 18.0 Å². The van der Waals surface area contributed by atoms with E-state index in [-0.39, 0.29) is 16.9 Å². The summed E-state index contributed by atoms with van der Waals surface area (Å²) in [6, 6.07) is 12.4. The number of para-hydroxylation sites is 1. The normalized spacial score (nSPS) is 17.4. The number of alkyl halides is 3. The second-order valence-electron chi connectivity index (χ2n) is 6.82. The highest BCUT2D eigenvalue weighted by atomic mass is 32.2. The zero-order chi connectivity index (χ0) is 21.1. The monoisotopic (exact) mass is 433 g/mol. The highest BCUT2D eigenvalue weighted by molar-refractivity contribution is 8.00. The summed E-state index contributed by atoms with van der Waals surface area (Å²) in [5.41, 5.74) is 1.26. The number of amides is 1. The van der Waals surface area contributed by atoms with Crippen molar-refractivity contribution in [2.75, 3.05) is 11.4 Å². The van der Waals surface area contributed by atoms with Crippen LogP contribution in [0.5, 0.6) is 0 Å². The van der Waals surface area contributed by atoms with Crippen molar-refractivity contribution in [2.24, 2.45) is 0 Å². The van der Waals surface area contributed by atoms with Gasteiger partial charge in [0.05, 0.1) is 5.25 Å². The van der Waals surface area contributed by atoms with Crippen molar-refractivity contribution in [1.82, 2.24) is 19.7 Å². The highest BCUT2D eigenvalue weighted by Crippen LogP contribution is 2.34. The van der Waals surface area contributed by atoms with Gasteiger partial charge in [-0.3, -0.25) is 14.3 Å². The van der Waals surface area contributed by atoms with Gasteiger partial charge in [0.2, 0.25) is 5.91 Å². The second-order valence-corrected chi connectivity index (χ2v) is 7.99. The number of carbonyl (C=O) groups is 1. The number of hydrogen-bond acceptors (Lipinski definition) is 5. The average Bonchev–Trinajstić information content (AvgIpc) is 3.11. The van der Waals surface area contributed by atoms with Gasteiger partial charge < -0.3 is 4.90 Å². The first kappa shape index (κ1) is 20.4. The first-order valence-corrected chi connectivity index (χ1v) is 10.2. The van der Waals surface area contributed by atoms with E-state index in [0.717, 1.165) is 28.4 Å². The summed E-state index contributed by atoms with van der Waals surface area (Å²) in [4.78, 5) is 18.6. The maximum Gasteiger partial charge on any atom is 0.406 e. The molecule has 0 bridgehead atoms. The lowest BCUT2D eigenvalue weighted by Gasteiger charge is -2.31. The molecule has 156 valence electrons. The molecule has 1 aliphatic rings. The molecule has 0 spiro atoms. The Labute approximate surface area is 175 Å². The van der Waals surface area contributed by atoms with Crippen LogP contribution in [0.15, 0.2) is 60.0 Å². The van der Waals surface area contributed by atoms with Crippen molar-refractivity contribution in [1.29, 1.82) is 0 Å². The van der Waals surface area contributed by atoms with Crippen LogP contribution in [-0.4, -0.2) is 43.6 Å². The van der Waals surface area contributed by atoms with Crippen LogP contribution >= 0.6 is 11.8 Å². The number of aromatic nitrogens is 4. The summed E-state index contributed by atoms with van der Waals surface area (Å²) >= 11 is 1.04. The van der Waals surface area contributed by atoms with Gasteiger partial charge >= 0.3 is 6.18 Å². The molecular weight excluding hydrogens is 415 g/mol. The number of rotatable bonds is 5. The summed E-state index contributed by atoms with van der Waals surface area (Å²) in [7, 11) is 0. The van der Waals surface area contributed by atoms with Crippen LogP contribution in [0.1, 0.15) is 12.8 Å². The Morgan fingerprint density at radius 3 is 2.50 bits per heavy atom. The molecule has 3 heterocycles. The number of nitrogens with zero attached hydrogens (tertiary/aromatic N) is 5. The molecule has 0 saturated carbocycles. The number of thioether (sulfide) groups is 1. The standard InChI is InChI=1S/C20H18F3N5OS/c21-20(22,23)13-28-17(14-8-10-24-11-9-14)25-26-19(28)30-16-7-4-12-27(18(16)29)15-5-2-1-3-6-15/h1-3,5-6,8-11,16H,4,7,12-13H2. The summed E-state index contributed by atoms with van der Waals surface area (Å²) < 4.78 is 40.8. The maximum absolute atomic E-state index is 13.3. The largest absolute Gasteiger partial charge is 0.406 e. The fraction of sp³-hybridized carbons (Fsp3) is 0.300. The summed E-state index contributed by atoms with van der Waals surface area (Å²) in [5.74, 6) is -0.0372. The molecule has 1 fully saturated rings. The fourth-order valence-corrected chi connectivity index (χ4v) is 4.49. The molecule has 3 aromatic rings. The molecule has 4 rings (SSSR count). The zero-order valence-corrected chi connectivity index (χ0v) is 16.6. The smallest absolute Gasteiger partial charge is 0.311 e. The molecular formula is C20H18F3N5OS. The van der Waals surface area contributed by atoms with Gasteiger partial charge in [-0.15, -0.1) is 10.2 Å². The van der Waals surface area contributed by atoms with E-state index in [1.54, 1.807) is 17.0 Å². The van der Waals surface area contributed by atoms with Crippen molar-refractivity contribution in [3.8, 4) is 11.4 Å². The minimum atomic E-state index is -4.45. The first-order chi connectivity index (χ1) is 14.4. The van der Waals surface area contributed by atoms with Crippen molar-refractivity contribution in [3.05, 3.63) is 54.9 Å². The van der Waals surface area contributed by atoms with E-state index in [2.05, 4.69) is 15.2 Å². The van der Waals surface area contributed by atoms with Crippen molar-refractivity contribution in [2.45, 2.75) is 36.0 Å². The Balaban J connectivity index is 1.62. The Hall–Kier alpha value is -2.88. The third-order valence-electron chi connectivity index (χ3n) is 4.70. The molecule has 0 N–H and O–H groups in total. The third kappa shape index (κ3) is 4.48. The molecule has 10 heteroatoms. The molecule has 1 atom stereocenters. The number of piperidine rings is 1. The van der Waals surface area contributed by atoms with Gasteiger partial charge in [-0.05, 0) is 37.1 Å². The molecule has 1 saturated heterocycles. The minimum Gasteiger partial charge on any atom is -0.311 e. The topological polar surface area (TPSA) is 63.9 Å². The van der Waals surface area contributed by atoms with Gasteiger partial charge in [0.1, 0.15) is 6.54 Å². The minimum absolute atomic E-state index is 0.0763. The van der Waals surface area contributed by atoms with E-state index in [0.29, 0.717) is 18.5 Å². The Kier molecular flexibility index (Phi) is 5.76. The molecule has 0 radical (unpaired) electrons. The molecule has 2 aromatic heterocycles. The van der Waals surface area contributed by atoms with Crippen LogP contribution in [0.2, 0.25) is 0 Å². The van der Waals surface area contributed by atoms with Crippen LogP contribution in [0.4, 0.5) is 18.9 Å². The van der Waals surface area contributed by atoms with Crippen LogP contribution in [0.3, 0.4) is 0 Å². The molecule has 6 nitrogen and oxygen atoms in total. The van der Waals surface area contributed by atoms with Crippen LogP contribution < -0.4 is 4.90 Å². The number of halogens is 3. The van der Waals surface area contributed by atoms with Gasteiger partial charge in [-0.25, -0.2) is 0 Å². The number of pyridine rings is 1. The number of hydrogen-bond donors (Lipinski definition) is 0. The quantitative estimate of drug-likeness (QED) is 0.604. The van der Waals surface area contributed by atoms with Crippen LogP contribution in [-0.2, 0) is 11.3 Å². The summed E-state index contributed by atoms with van der Waals surface area (Å²) in [6.07, 6.45) is -0.167. The second kappa shape index (κ2) is 8.47. The molecule has 1 amide bonds. The Morgan fingerprint density at radius 2 is 1.80 bits per heavy atom. The van der Waals surface area contributed by atoms with Gasteiger partial charge in [0.25, 0.3) is 0 Å². The molecule has 30 heavy (non-hydrogen) atoms. The van der Waals surface area contributed by atoms with Gasteiger partial charge in [0.15, 0.2) is 11.0 Å². The maximum atomic E-state index is 13.3. The van der Waals surface area contributed by atoms with Crippen molar-refractivity contribution in [3.63, 3.8) is 0 Å². The van der Waals surface area contributed by atoms with Crippen molar-refractivity contribution < 1.29 is 18.0 Å². The predicted molar refractivity (Wildman–Crippen MR) is 107 cm³/mol. The van der Waals surface area contributed by atoms with Crippen LogP contribution in [0.25, 0.3) is 11.4 Å². The van der Waals surface area contributed by atoms with Gasteiger partial charge in [-0.1, -0.05) is 30.0 Å². The predicted octanol–water partition coefficient (Wildman–Crippen LogP) is 4.19. The lowest BCUT2D eigenvalue weighted by atomic mass is 10.1. The van der Waals surface area contributed by atoms with Gasteiger partial charge in [0, 0.05) is 30.2 Å². The SMILES string of the molecule is O=C1C(Sc2nnc(-c3ccncc3)n2CC(F)(F)F)CCCN1c1ccccc1. The zero-order valence-electron chi connectivity index (χ0n) is 15.8. The molecule has 1 aliphatic heterocycles. The van der Waals surface area contributed by atoms with Crippen LogP contribution in [0, 0.1) is 0 Å². The molecule has 1 aromatic carbocycles. The molecule has 0 aliphatic carbocycles. The number of anilines is 1. The summed E-state index contributed by atoms with van der Waals surface area (Å²) in [5, 5.41) is 7.51. The first-order valence-electron chi connectivity index (χ1n) is 9.36. The number of carbonyl (C=O) groups excluding carboxylic acids is 1. The van der Waals surface area contributed by atoms with Gasteiger partial charge in [-0.2, -0.15) is 13.2 Å². The average molecular weight is 433 g/mol. The third-order valence-corrected chi connectivity index (χ3v) is 5.93. The van der Waals surface area contributed by atoms with E-state index >= 15 is 0 Å². The van der Waals surface area contributed by atoms with E-state index in [4.69, 9.17) is 0 Å². The van der Waals surface area contributed by atoms with Crippen molar-refractivity contribution >= 4 is 23.4 Å². The van der Waals surface area contributed by atoms with E-state index in [9.17, 15) is 18.0 Å². The summed E-state index contributed by atoms with van der Waals surface area (Å²) in [6.45, 7) is -0.652. The Morgan fingerprint density at radius 1 is 1.07 bits per heavy atom. The van der Waals surface area contributed by atoms with E-state index in [1.165, 1.54) is 12.4 Å². The lowest BCUT2D eigenvalue weighted by molar-refractivity contribution is -0.141. The van der Waals surface area contributed by atoms with E-state index in [1.807, 2.05) is 30.3 Å². The highest BCUT2D eigenvalue weighted by Gasteiger charge is 2.35. The lowest BCUT2D eigenvalue weighted by Crippen LogP contribution is -2.43. The molecule has 1 unspecified atom stereocenters.